The van der Waals surface area contributed by atoms with Gasteiger partial charge in [0.25, 0.3) is 5.69 Å². The van der Waals surface area contributed by atoms with Gasteiger partial charge in [-0.3, -0.25) is 20.4 Å². The van der Waals surface area contributed by atoms with Gasteiger partial charge in [0, 0.05) is 6.07 Å². The highest BCUT2D eigenvalue weighted by molar-refractivity contribution is 5.86. The third-order valence-corrected chi connectivity index (χ3v) is 2.24. The fraction of sp³-hybridized carbons (Fsp3) is 0.200. The first-order valence-electron chi connectivity index (χ1n) is 5.14. The van der Waals surface area contributed by atoms with Gasteiger partial charge >= 0.3 is 5.96 Å². The second-order valence-corrected chi connectivity index (χ2v) is 3.41. The van der Waals surface area contributed by atoms with E-state index in [1.54, 1.807) is 18.2 Å². The Balaban J connectivity index is 2.07. The Morgan fingerprint density at radius 1 is 1.53 bits per heavy atom. The highest BCUT2D eigenvalue weighted by Gasteiger charge is 2.12. The van der Waals surface area contributed by atoms with E-state index in [0.717, 1.165) is 13.1 Å². The molecule has 3 N–H and O–H groups in total. The predicted octanol–water partition coefficient (Wildman–Crippen LogP) is -1.44. The van der Waals surface area contributed by atoms with E-state index < -0.39 is 4.92 Å². The van der Waals surface area contributed by atoms with Gasteiger partial charge in [-0.15, -0.1) is 5.10 Å². The molecule has 7 heteroatoms. The van der Waals surface area contributed by atoms with Gasteiger partial charge in [-0.2, -0.15) is 5.43 Å². The van der Waals surface area contributed by atoms with Crippen molar-refractivity contribution in [3.05, 3.63) is 39.9 Å². The SMILES string of the molecule is O=[N+]([O-])c1ccccc1/C=N\NC1=[NH+]CCN1. The van der Waals surface area contributed by atoms with Crippen molar-refractivity contribution in [2.75, 3.05) is 13.1 Å². The van der Waals surface area contributed by atoms with Crippen molar-refractivity contribution in [3.8, 4) is 0 Å². The van der Waals surface area contributed by atoms with Crippen LogP contribution >= 0.6 is 0 Å². The largest absolute Gasteiger partial charge is 0.367 e. The van der Waals surface area contributed by atoms with Gasteiger partial charge in [-0.05, 0) is 6.07 Å². The Hall–Kier alpha value is -2.44. The molecule has 0 radical (unpaired) electrons. The Morgan fingerprint density at radius 3 is 3.06 bits per heavy atom. The van der Waals surface area contributed by atoms with Crippen molar-refractivity contribution in [2.45, 2.75) is 0 Å². The second kappa shape index (κ2) is 5.06. The minimum atomic E-state index is -0.430. The maximum absolute atomic E-state index is 10.7. The molecule has 1 heterocycles. The standard InChI is InChI=1S/C10H11N5O2/c16-15(17)9-4-2-1-3-8(9)7-13-14-10-11-5-6-12-10/h1-4,7H,5-6H2,(H2,11,12,14)/p+1/b13-7-. The molecule has 0 aliphatic carbocycles. The molecule has 7 nitrogen and oxygen atoms in total. The van der Waals surface area contributed by atoms with Crippen molar-refractivity contribution in [2.24, 2.45) is 5.10 Å². The van der Waals surface area contributed by atoms with Crippen LogP contribution in [0, 0.1) is 10.1 Å². The first kappa shape index (κ1) is 11.1. The van der Waals surface area contributed by atoms with Gasteiger partial charge in [-0.1, -0.05) is 12.1 Å². The Kier molecular flexibility index (Phi) is 3.29. The van der Waals surface area contributed by atoms with E-state index in [9.17, 15) is 10.1 Å². The zero-order valence-electron chi connectivity index (χ0n) is 9.01. The summed E-state index contributed by atoms with van der Waals surface area (Å²) in [6.07, 6.45) is 1.42. The van der Waals surface area contributed by atoms with Crippen molar-refractivity contribution in [1.82, 2.24) is 10.7 Å². The van der Waals surface area contributed by atoms with Crippen molar-refractivity contribution in [1.29, 1.82) is 0 Å². The Morgan fingerprint density at radius 2 is 2.35 bits per heavy atom. The third kappa shape index (κ3) is 2.77. The molecule has 0 fully saturated rings. The molecule has 0 atom stereocenters. The summed E-state index contributed by atoms with van der Waals surface area (Å²) >= 11 is 0. The van der Waals surface area contributed by atoms with E-state index in [2.05, 4.69) is 20.8 Å². The van der Waals surface area contributed by atoms with E-state index >= 15 is 0 Å². The zero-order valence-corrected chi connectivity index (χ0v) is 9.01. The summed E-state index contributed by atoms with van der Waals surface area (Å²) in [6, 6.07) is 6.44. The summed E-state index contributed by atoms with van der Waals surface area (Å²) in [4.78, 5) is 13.3. The molecule has 0 aromatic heterocycles. The summed E-state index contributed by atoms with van der Waals surface area (Å²) in [7, 11) is 0. The number of nitrogens with one attached hydrogen (secondary N) is 3. The molecule has 0 bridgehead atoms. The van der Waals surface area contributed by atoms with E-state index in [4.69, 9.17) is 0 Å². The molecule has 2 rings (SSSR count). The normalized spacial score (nSPS) is 14.5. The minimum absolute atomic E-state index is 0.0374. The van der Waals surface area contributed by atoms with Crippen LogP contribution in [-0.2, 0) is 0 Å². The molecule has 0 saturated carbocycles. The minimum Gasteiger partial charge on any atom is -0.273 e. The Labute approximate surface area is 97.4 Å². The topological polar surface area (TPSA) is 93.5 Å². The van der Waals surface area contributed by atoms with Gasteiger partial charge in [0.1, 0.15) is 0 Å². The highest BCUT2D eigenvalue weighted by Crippen LogP contribution is 2.14. The highest BCUT2D eigenvalue weighted by atomic mass is 16.6. The van der Waals surface area contributed by atoms with Crippen molar-refractivity contribution < 1.29 is 9.92 Å². The molecule has 1 aliphatic heterocycles. The number of rotatable bonds is 3. The van der Waals surface area contributed by atoms with Crippen LogP contribution in [0.2, 0.25) is 0 Å². The molecule has 17 heavy (non-hydrogen) atoms. The smallest absolute Gasteiger partial charge is 0.273 e. The number of hydrogen-bond donors (Lipinski definition) is 3. The first-order chi connectivity index (χ1) is 8.27. The average molecular weight is 234 g/mol. The second-order valence-electron chi connectivity index (χ2n) is 3.41. The van der Waals surface area contributed by atoms with E-state index in [0.29, 0.717) is 11.5 Å². The number of nitro groups is 1. The number of nitro benzene ring substituents is 1. The number of guanidine groups is 1. The Bertz CT molecular complexity index is 483. The zero-order chi connectivity index (χ0) is 12.1. The fourth-order valence-corrected chi connectivity index (χ4v) is 1.45. The van der Waals surface area contributed by atoms with Crippen molar-refractivity contribution >= 4 is 17.9 Å². The van der Waals surface area contributed by atoms with Crippen molar-refractivity contribution in [3.63, 3.8) is 0 Å². The molecular formula is C10H12N5O2+. The lowest BCUT2D eigenvalue weighted by molar-refractivity contribution is -0.446. The average Bonchev–Trinajstić information content (AvgIpc) is 2.82. The number of para-hydroxylation sites is 1. The molecular weight excluding hydrogens is 222 g/mol. The quantitative estimate of drug-likeness (QED) is 0.339. The molecule has 1 aliphatic rings. The van der Waals surface area contributed by atoms with Crippen LogP contribution in [0.5, 0.6) is 0 Å². The summed E-state index contributed by atoms with van der Waals surface area (Å²) in [6.45, 7) is 1.67. The molecule has 88 valence electrons. The predicted molar refractivity (Wildman–Crippen MR) is 62.7 cm³/mol. The van der Waals surface area contributed by atoms with Crippen LogP contribution in [0.4, 0.5) is 5.69 Å². The maximum atomic E-state index is 10.7. The van der Waals surface area contributed by atoms with Crippen LogP contribution in [0.3, 0.4) is 0 Å². The van der Waals surface area contributed by atoms with Crippen LogP contribution in [0.15, 0.2) is 29.4 Å². The lowest BCUT2D eigenvalue weighted by Crippen LogP contribution is -2.73. The van der Waals surface area contributed by atoms with Crippen LogP contribution in [0.1, 0.15) is 5.56 Å². The third-order valence-electron chi connectivity index (χ3n) is 2.24. The first-order valence-corrected chi connectivity index (χ1v) is 5.14. The molecule has 1 aromatic rings. The van der Waals surface area contributed by atoms with Gasteiger partial charge in [0.2, 0.25) is 0 Å². The molecule has 1 aromatic carbocycles. The van der Waals surface area contributed by atoms with Gasteiger partial charge in [-0.25, -0.2) is 0 Å². The van der Waals surface area contributed by atoms with Crippen LogP contribution in [-0.4, -0.2) is 30.2 Å². The summed E-state index contributed by atoms with van der Waals surface area (Å²) in [5.41, 5.74) is 3.24. The summed E-state index contributed by atoms with van der Waals surface area (Å²) in [5.74, 6) is 0.708. The molecule has 0 saturated heterocycles. The van der Waals surface area contributed by atoms with Gasteiger partial charge in [0.15, 0.2) is 0 Å². The monoisotopic (exact) mass is 234 g/mol. The summed E-state index contributed by atoms with van der Waals surface area (Å²) in [5, 5.41) is 17.7. The number of hydrazone groups is 1. The number of nitrogens with zero attached hydrogens (tertiary/aromatic N) is 2. The molecule has 0 spiro atoms. The maximum Gasteiger partial charge on any atom is 0.367 e. The molecule has 0 unspecified atom stereocenters. The molecule has 0 amide bonds. The van der Waals surface area contributed by atoms with E-state index in [1.807, 2.05) is 0 Å². The van der Waals surface area contributed by atoms with Crippen LogP contribution < -0.4 is 15.7 Å². The lowest BCUT2D eigenvalue weighted by atomic mass is 10.2. The fourth-order valence-electron chi connectivity index (χ4n) is 1.45. The van der Waals surface area contributed by atoms with E-state index in [-0.39, 0.29) is 5.69 Å². The number of benzene rings is 1. The lowest BCUT2D eigenvalue weighted by Gasteiger charge is -1.95. The van der Waals surface area contributed by atoms with Crippen LogP contribution in [0.25, 0.3) is 0 Å². The number of hydrogen-bond acceptors (Lipinski definition) is 5. The van der Waals surface area contributed by atoms with Gasteiger partial charge in [0.05, 0.1) is 29.8 Å². The van der Waals surface area contributed by atoms with Gasteiger partial charge < -0.3 is 0 Å². The van der Waals surface area contributed by atoms with E-state index in [1.165, 1.54) is 12.3 Å². The summed E-state index contributed by atoms with van der Waals surface area (Å²) < 4.78 is 0.